The van der Waals surface area contributed by atoms with Crippen molar-refractivity contribution < 1.29 is 28.0 Å². The predicted octanol–water partition coefficient (Wildman–Crippen LogP) is 2.75. The van der Waals surface area contributed by atoms with Crippen molar-refractivity contribution in [3.8, 4) is 11.5 Å². The Morgan fingerprint density at radius 1 is 0.920 bits per heavy atom. The second-order valence-corrected chi connectivity index (χ2v) is 6.78. The number of nitrogens with one attached hydrogen (secondary N) is 1. The molecule has 1 amide bonds. The molecule has 0 aliphatic heterocycles. The van der Waals surface area contributed by atoms with Gasteiger partial charge in [-0.05, 0) is 53.9 Å². The van der Waals surface area contributed by atoms with Crippen molar-refractivity contribution in [3.05, 3.63) is 60.2 Å². The number of hydrogen-bond acceptors (Lipinski definition) is 5. The molecule has 128 valence electrons. The fourth-order valence-electron chi connectivity index (χ4n) is 2.37. The summed E-state index contributed by atoms with van der Waals surface area (Å²) in [6.07, 6.45) is 0. The number of carbonyl (C=O) groups excluding carboxylic acids is 1. The maximum Gasteiger partial charge on any atom is 0.294 e. The van der Waals surface area contributed by atoms with Crippen molar-refractivity contribution in [2.75, 3.05) is 5.32 Å². The SMILES string of the molecule is O=C(Nc1ccc2c(O)cc(S(=O)(=O)O)cc2c1)c1ccc(O)cc1. The molecule has 7 nitrogen and oxygen atoms in total. The van der Waals surface area contributed by atoms with E-state index in [9.17, 15) is 23.4 Å². The van der Waals surface area contributed by atoms with Gasteiger partial charge in [0, 0.05) is 22.7 Å². The van der Waals surface area contributed by atoms with Gasteiger partial charge in [-0.25, -0.2) is 0 Å². The molecular formula is C17H13NO6S. The number of amides is 1. The highest BCUT2D eigenvalue weighted by atomic mass is 32.2. The van der Waals surface area contributed by atoms with Gasteiger partial charge in [0.15, 0.2) is 0 Å². The lowest BCUT2D eigenvalue weighted by atomic mass is 10.1. The maximum absolute atomic E-state index is 12.2. The van der Waals surface area contributed by atoms with E-state index in [0.29, 0.717) is 22.0 Å². The number of phenolic OH excluding ortho intramolecular Hbond substituents is 2. The number of rotatable bonds is 3. The van der Waals surface area contributed by atoms with Crippen LogP contribution in [0.3, 0.4) is 0 Å². The van der Waals surface area contributed by atoms with Gasteiger partial charge in [0.25, 0.3) is 16.0 Å². The Labute approximate surface area is 142 Å². The summed E-state index contributed by atoms with van der Waals surface area (Å²) in [5, 5.41) is 22.5. The van der Waals surface area contributed by atoms with Crippen LogP contribution in [-0.2, 0) is 10.1 Å². The molecule has 4 N–H and O–H groups in total. The molecule has 0 spiro atoms. The standard InChI is InChI=1S/C17H13NO6S/c19-13-4-1-10(2-5-13)17(21)18-12-3-6-15-11(7-12)8-14(9-16(15)20)25(22,23)24/h1-9,19-20H,(H,18,21)(H,22,23,24). The number of carbonyl (C=O) groups is 1. The molecule has 3 rings (SSSR count). The molecule has 0 aromatic heterocycles. The highest BCUT2D eigenvalue weighted by Gasteiger charge is 2.14. The van der Waals surface area contributed by atoms with Crippen LogP contribution < -0.4 is 5.32 Å². The zero-order chi connectivity index (χ0) is 18.2. The van der Waals surface area contributed by atoms with Crippen LogP contribution in [0.4, 0.5) is 5.69 Å². The molecule has 0 aliphatic rings. The van der Waals surface area contributed by atoms with Crippen LogP contribution in [-0.4, -0.2) is 29.1 Å². The average Bonchev–Trinajstić information content (AvgIpc) is 2.54. The van der Waals surface area contributed by atoms with E-state index in [2.05, 4.69) is 5.32 Å². The van der Waals surface area contributed by atoms with E-state index in [0.717, 1.165) is 6.07 Å². The highest BCUT2D eigenvalue weighted by Crippen LogP contribution is 2.30. The summed E-state index contributed by atoms with van der Waals surface area (Å²) in [5.74, 6) is -0.688. The summed E-state index contributed by atoms with van der Waals surface area (Å²) < 4.78 is 31.6. The Balaban J connectivity index is 1.97. The topological polar surface area (TPSA) is 124 Å². The summed E-state index contributed by atoms with van der Waals surface area (Å²) in [5.41, 5.74) is 0.699. The number of benzene rings is 3. The van der Waals surface area contributed by atoms with E-state index in [1.165, 1.54) is 42.5 Å². The Morgan fingerprint density at radius 3 is 2.24 bits per heavy atom. The van der Waals surface area contributed by atoms with Gasteiger partial charge in [0.2, 0.25) is 0 Å². The summed E-state index contributed by atoms with van der Waals surface area (Å²) in [4.78, 5) is 11.7. The smallest absolute Gasteiger partial charge is 0.294 e. The molecule has 0 heterocycles. The third-order valence-corrected chi connectivity index (χ3v) is 4.42. The van der Waals surface area contributed by atoms with Gasteiger partial charge in [-0.15, -0.1) is 0 Å². The molecule has 0 aliphatic carbocycles. The molecule has 8 heteroatoms. The summed E-state index contributed by atoms with van der Waals surface area (Å²) in [6.45, 7) is 0. The first-order valence-electron chi connectivity index (χ1n) is 7.09. The van der Waals surface area contributed by atoms with Crippen LogP contribution in [0.1, 0.15) is 10.4 Å². The molecule has 0 saturated heterocycles. The van der Waals surface area contributed by atoms with Crippen molar-refractivity contribution in [1.29, 1.82) is 0 Å². The van der Waals surface area contributed by atoms with Crippen molar-refractivity contribution in [2.45, 2.75) is 4.90 Å². The molecule has 3 aromatic carbocycles. The van der Waals surface area contributed by atoms with Crippen LogP contribution >= 0.6 is 0 Å². The van der Waals surface area contributed by atoms with Gasteiger partial charge < -0.3 is 15.5 Å². The van der Waals surface area contributed by atoms with E-state index in [1.54, 1.807) is 6.07 Å². The molecule has 3 aromatic rings. The van der Waals surface area contributed by atoms with Crippen molar-refractivity contribution in [3.63, 3.8) is 0 Å². The van der Waals surface area contributed by atoms with E-state index in [4.69, 9.17) is 4.55 Å². The lowest BCUT2D eigenvalue weighted by Crippen LogP contribution is -2.11. The van der Waals surface area contributed by atoms with Gasteiger partial charge in [0.05, 0.1) is 4.90 Å². The van der Waals surface area contributed by atoms with Crippen LogP contribution in [0.15, 0.2) is 59.5 Å². The summed E-state index contributed by atoms with van der Waals surface area (Å²) >= 11 is 0. The second-order valence-electron chi connectivity index (χ2n) is 5.35. The van der Waals surface area contributed by atoms with E-state index < -0.39 is 20.9 Å². The van der Waals surface area contributed by atoms with Gasteiger partial charge in [0.1, 0.15) is 11.5 Å². The number of aromatic hydroxyl groups is 2. The highest BCUT2D eigenvalue weighted by molar-refractivity contribution is 7.85. The molecule has 0 saturated carbocycles. The molecule has 0 radical (unpaired) electrons. The fraction of sp³-hybridized carbons (Fsp3) is 0. The zero-order valence-corrected chi connectivity index (χ0v) is 13.5. The number of hydrogen-bond donors (Lipinski definition) is 4. The van der Waals surface area contributed by atoms with Gasteiger partial charge in [-0.3, -0.25) is 9.35 Å². The third kappa shape index (κ3) is 3.54. The first-order chi connectivity index (χ1) is 11.7. The zero-order valence-electron chi connectivity index (χ0n) is 12.7. The molecule has 25 heavy (non-hydrogen) atoms. The first-order valence-corrected chi connectivity index (χ1v) is 8.53. The fourth-order valence-corrected chi connectivity index (χ4v) is 2.90. The Morgan fingerprint density at radius 2 is 1.60 bits per heavy atom. The lowest BCUT2D eigenvalue weighted by molar-refractivity contribution is 0.102. The monoisotopic (exact) mass is 359 g/mol. The normalized spacial score (nSPS) is 11.4. The predicted molar refractivity (Wildman–Crippen MR) is 91.5 cm³/mol. The second kappa shape index (κ2) is 6.08. The minimum atomic E-state index is -4.47. The van der Waals surface area contributed by atoms with Crippen LogP contribution in [0.5, 0.6) is 11.5 Å². The van der Waals surface area contributed by atoms with Gasteiger partial charge in [-0.1, -0.05) is 0 Å². The molecular weight excluding hydrogens is 346 g/mol. The molecule has 0 atom stereocenters. The first kappa shape index (κ1) is 16.7. The van der Waals surface area contributed by atoms with E-state index >= 15 is 0 Å². The molecule has 0 fully saturated rings. The van der Waals surface area contributed by atoms with E-state index in [-0.39, 0.29) is 11.5 Å². The number of anilines is 1. The quantitative estimate of drug-likeness (QED) is 0.533. The number of fused-ring (bicyclic) bond motifs is 1. The Kier molecular flexibility index (Phi) is 4.07. The Bertz CT molecular complexity index is 1070. The van der Waals surface area contributed by atoms with Crippen LogP contribution in [0, 0.1) is 0 Å². The lowest BCUT2D eigenvalue weighted by Gasteiger charge is -2.09. The van der Waals surface area contributed by atoms with E-state index in [1.807, 2.05) is 0 Å². The van der Waals surface area contributed by atoms with Crippen LogP contribution in [0.2, 0.25) is 0 Å². The minimum Gasteiger partial charge on any atom is -0.508 e. The minimum absolute atomic E-state index is 0.0375. The van der Waals surface area contributed by atoms with Gasteiger partial charge >= 0.3 is 0 Å². The van der Waals surface area contributed by atoms with Crippen molar-refractivity contribution in [1.82, 2.24) is 0 Å². The maximum atomic E-state index is 12.2. The van der Waals surface area contributed by atoms with Gasteiger partial charge in [-0.2, -0.15) is 8.42 Å². The summed E-state index contributed by atoms with van der Waals surface area (Å²) in [6, 6.07) is 12.4. The third-order valence-electron chi connectivity index (χ3n) is 3.59. The summed E-state index contributed by atoms with van der Waals surface area (Å²) in [7, 11) is -4.47. The molecule has 0 unspecified atom stereocenters. The largest absolute Gasteiger partial charge is 0.508 e. The van der Waals surface area contributed by atoms with Crippen LogP contribution in [0.25, 0.3) is 10.8 Å². The number of phenols is 2. The molecule has 0 bridgehead atoms. The Hall–Kier alpha value is -3.10. The van der Waals surface area contributed by atoms with Crippen molar-refractivity contribution in [2.24, 2.45) is 0 Å². The van der Waals surface area contributed by atoms with Crippen molar-refractivity contribution >= 4 is 32.5 Å². The average molecular weight is 359 g/mol.